The lowest BCUT2D eigenvalue weighted by atomic mass is 10.0. The van der Waals surface area contributed by atoms with Crippen molar-refractivity contribution < 1.29 is 9.53 Å². The number of hydrogen-bond donors (Lipinski definition) is 0. The Hall–Kier alpha value is -3.06. The minimum atomic E-state index is -0.367. The number of aromatic nitrogens is 2. The van der Waals surface area contributed by atoms with Crippen molar-refractivity contribution in [3.63, 3.8) is 0 Å². The molecule has 0 amide bonds. The first-order chi connectivity index (χ1) is 13.1. The second-order valence-corrected chi connectivity index (χ2v) is 6.98. The number of ether oxygens (including phenoxy) is 1. The molecule has 4 heteroatoms. The summed E-state index contributed by atoms with van der Waals surface area (Å²) < 4.78 is 6.88. The van der Waals surface area contributed by atoms with Gasteiger partial charge in [0.25, 0.3) is 0 Å². The topological polar surface area (TPSA) is 44.1 Å². The quantitative estimate of drug-likeness (QED) is 0.502. The maximum atomic E-state index is 12.3. The van der Waals surface area contributed by atoms with Crippen molar-refractivity contribution in [2.24, 2.45) is 0 Å². The Morgan fingerprint density at radius 2 is 1.96 bits per heavy atom. The van der Waals surface area contributed by atoms with E-state index in [1.807, 2.05) is 16.8 Å². The van der Waals surface area contributed by atoms with Gasteiger partial charge in [0.05, 0.1) is 24.2 Å². The fraction of sp³-hybridized carbons (Fsp3) is 0.304. The summed E-state index contributed by atoms with van der Waals surface area (Å²) in [6, 6.07) is 14.3. The summed E-state index contributed by atoms with van der Waals surface area (Å²) in [6.07, 6.45) is 2.58. The molecular formula is C23H22N2O2. The van der Waals surface area contributed by atoms with Gasteiger partial charge in [-0.25, -0.2) is 4.79 Å². The van der Waals surface area contributed by atoms with Gasteiger partial charge in [0.2, 0.25) is 0 Å². The zero-order valence-corrected chi connectivity index (χ0v) is 15.8. The molecule has 4 rings (SSSR count). The highest BCUT2D eigenvalue weighted by Gasteiger charge is 2.24. The Labute approximate surface area is 159 Å². The average molecular weight is 358 g/mol. The van der Waals surface area contributed by atoms with Crippen LogP contribution >= 0.6 is 0 Å². The second kappa shape index (κ2) is 6.92. The van der Waals surface area contributed by atoms with Crippen molar-refractivity contribution in [2.45, 2.75) is 38.6 Å². The third kappa shape index (κ3) is 3.10. The Morgan fingerprint density at radius 3 is 2.59 bits per heavy atom. The lowest BCUT2D eigenvalue weighted by Crippen LogP contribution is -2.12. The first-order valence-electron chi connectivity index (χ1n) is 9.26. The standard InChI is InChI=1S/C23H22N2O2/c1-4-6-21-19-7-5-8-20(23(26)27-3)22(19)25(24-21)15(2)16-9-11-17(12-10-16)18-13-14-18/h5,7-12,15,18H,13-14H2,1-3H3/t15-/m1/s1. The SMILES string of the molecule is CC#Cc1nn([C@H](C)c2ccc(C3CC3)cc2)c2c(C(=O)OC)cccc12. The summed E-state index contributed by atoms with van der Waals surface area (Å²) in [4.78, 5) is 12.3. The predicted octanol–water partition coefficient (Wildman–Crippen LogP) is 4.68. The molecule has 0 saturated heterocycles. The van der Waals surface area contributed by atoms with Gasteiger partial charge in [0.15, 0.2) is 0 Å². The van der Waals surface area contributed by atoms with Gasteiger partial charge in [-0.1, -0.05) is 36.3 Å². The normalized spacial score (nSPS) is 14.5. The van der Waals surface area contributed by atoms with Crippen LogP contribution in [0.1, 0.15) is 65.8 Å². The highest BCUT2D eigenvalue weighted by Crippen LogP contribution is 2.40. The Bertz CT molecular complexity index is 1060. The summed E-state index contributed by atoms with van der Waals surface area (Å²) in [7, 11) is 1.40. The number of carbonyl (C=O) groups excluding carboxylic acids is 1. The van der Waals surface area contributed by atoms with Gasteiger partial charge in [0, 0.05) is 5.39 Å². The van der Waals surface area contributed by atoms with Crippen LogP contribution in [0.2, 0.25) is 0 Å². The van der Waals surface area contributed by atoms with E-state index in [4.69, 9.17) is 9.84 Å². The number of benzene rings is 2. The van der Waals surface area contributed by atoms with Crippen LogP contribution in [0.25, 0.3) is 10.9 Å². The lowest BCUT2D eigenvalue weighted by Gasteiger charge is -2.16. The molecular weight excluding hydrogens is 336 g/mol. The molecule has 0 unspecified atom stereocenters. The van der Waals surface area contributed by atoms with E-state index in [1.54, 1.807) is 13.0 Å². The van der Waals surface area contributed by atoms with Gasteiger partial charge >= 0.3 is 5.97 Å². The molecule has 1 aliphatic carbocycles. The first-order valence-corrected chi connectivity index (χ1v) is 9.26. The Kier molecular flexibility index (Phi) is 4.45. The smallest absolute Gasteiger partial charge is 0.340 e. The van der Waals surface area contributed by atoms with E-state index in [0.717, 1.165) is 22.4 Å². The minimum absolute atomic E-state index is 0.0287. The highest BCUT2D eigenvalue weighted by atomic mass is 16.5. The lowest BCUT2D eigenvalue weighted by molar-refractivity contribution is 0.0602. The zero-order chi connectivity index (χ0) is 19.0. The molecule has 0 bridgehead atoms. The molecule has 2 aromatic carbocycles. The maximum Gasteiger partial charge on any atom is 0.340 e. The van der Waals surface area contributed by atoms with Crippen LogP contribution < -0.4 is 0 Å². The number of para-hydroxylation sites is 1. The van der Waals surface area contributed by atoms with Crippen LogP contribution in [0, 0.1) is 11.8 Å². The minimum Gasteiger partial charge on any atom is -0.465 e. The molecule has 1 aliphatic rings. The van der Waals surface area contributed by atoms with Gasteiger partial charge < -0.3 is 4.74 Å². The monoisotopic (exact) mass is 358 g/mol. The van der Waals surface area contributed by atoms with Gasteiger partial charge in [0.1, 0.15) is 5.69 Å². The molecule has 0 aliphatic heterocycles. The van der Waals surface area contributed by atoms with E-state index in [1.165, 1.54) is 25.5 Å². The summed E-state index contributed by atoms with van der Waals surface area (Å²) >= 11 is 0. The van der Waals surface area contributed by atoms with E-state index in [2.05, 4.69) is 43.0 Å². The molecule has 136 valence electrons. The first kappa shape index (κ1) is 17.4. The molecule has 3 aromatic rings. The van der Waals surface area contributed by atoms with Crippen LogP contribution in [0.3, 0.4) is 0 Å². The largest absolute Gasteiger partial charge is 0.465 e. The van der Waals surface area contributed by atoms with Gasteiger partial charge in [-0.3, -0.25) is 4.68 Å². The van der Waals surface area contributed by atoms with Crippen LogP contribution in [-0.2, 0) is 4.74 Å². The fourth-order valence-electron chi connectivity index (χ4n) is 3.56. The van der Waals surface area contributed by atoms with Crippen LogP contribution in [-0.4, -0.2) is 22.9 Å². The fourth-order valence-corrected chi connectivity index (χ4v) is 3.56. The molecule has 4 nitrogen and oxygen atoms in total. The number of hydrogen-bond acceptors (Lipinski definition) is 3. The van der Waals surface area contributed by atoms with Crippen molar-refractivity contribution in [1.29, 1.82) is 0 Å². The van der Waals surface area contributed by atoms with Gasteiger partial charge in [-0.2, -0.15) is 5.10 Å². The van der Waals surface area contributed by atoms with Crippen molar-refractivity contribution >= 4 is 16.9 Å². The van der Waals surface area contributed by atoms with E-state index >= 15 is 0 Å². The van der Waals surface area contributed by atoms with Crippen molar-refractivity contribution in [1.82, 2.24) is 9.78 Å². The van der Waals surface area contributed by atoms with E-state index in [9.17, 15) is 4.79 Å². The summed E-state index contributed by atoms with van der Waals surface area (Å²) in [6.45, 7) is 3.88. The van der Waals surface area contributed by atoms with E-state index in [0.29, 0.717) is 11.3 Å². The van der Waals surface area contributed by atoms with Crippen LogP contribution in [0.4, 0.5) is 0 Å². The molecule has 1 saturated carbocycles. The number of methoxy groups -OCH3 is 1. The third-order valence-corrected chi connectivity index (χ3v) is 5.21. The molecule has 1 fully saturated rings. The number of nitrogens with zero attached hydrogens (tertiary/aromatic N) is 2. The van der Waals surface area contributed by atoms with Crippen LogP contribution in [0.5, 0.6) is 0 Å². The van der Waals surface area contributed by atoms with Crippen LogP contribution in [0.15, 0.2) is 42.5 Å². The molecule has 0 radical (unpaired) electrons. The van der Waals surface area contributed by atoms with Gasteiger partial charge in [-0.15, -0.1) is 0 Å². The Morgan fingerprint density at radius 1 is 1.22 bits per heavy atom. The highest BCUT2D eigenvalue weighted by molar-refractivity contribution is 6.04. The molecule has 27 heavy (non-hydrogen) atoms. The molecule has 0 N–H and O–H groups in total. The molecule has 0 spiro atoms. The number of rotatable bonds is 4. The van der Waals surface area contributed by atoms with E-state index < -0.39 is 0 Å². The number of carbonyl (C=O) groups is 1. The third-order valence-electron chi connectivity index (χ3n) is 5.21. The zero-order valence-electron chi connectivity index (χ0n) is 15.8. The van der Waals surface area contributed by atoms with Crippen molar-refractivity contribution in [2.75, 3.05) is 7.11 Å². The van der Waals surface area contributed by atoms with Crippen molar-refractivity contribution in [3.05, 3.63) is 64.8 Å². The van der Waals surface area contributed by atoms with E-state index in [-0.39, 0.29) is 12.0 Å². The summed E-state index contributed by atoms with van der Waals surface area (Å²) in [5, 5.41) is 5.61. The second-order valence-electron chi connectivity index (χ2n) is 6.98. The summed E-state index contributed by atoms with van der Waals surface area (Å²) in [5.74, 6) is 6.34. The predicted molar refractivity (Wildman–Crippen MR) is 106 cm³/mol. The molecule has 1 atom stereocenters. The molecule has 1 aromatic heterocycles. The number of esters is 1. The average Bonchev–Trinajstić information content (AvgIpc) is 3.49. The Balaban J connectivity index is 1.85. The maximum absolute atomic E-state index is 12.3. The number of fused-ring (bicyclic) bond motifs is 1. The summed E-state index contributed by atoms with van der Waals surface area (Å²) in [5.41, 5.74) is 4.51. The van der Waals surface area contributed by atoms with Crippen molar-refractivity contribution in [3.8, 4) is 11.8 Å². The van der Waals surface area contributed by atoms with Gasteiger partial charge in [-0.05, 0) is 61.8 Å². The molecule has 1 heterocycles.